The Hall–Kier alpha value is -1.84. The summed E-state index contributed by atoms with van der Waals surface area (Å²) in [6.45, 7) is 0.671. The van der Waals surface area contributed by atoms with Crippen LogP contribution >= 0.6 is 0 Å². The monoisotopic (exact) mass is 248 g/mol. The van der Waals surface area contributed by atoms with E-state index in [4.69, 9.17) is 5.73 Å². The van der Waals surface area contributed by atoms with Crippen molar-refractivity contribution in [3.63, 3.8) is 0 Å². The van der Waals surface area contributed by atoms with Crippen LogP contribution < -0.4 is 11.1 Å². The van der Waals surface area contributed by atoms with Crippen molar-refractivity contribution in [1.82, 2.24) is 5.32 Å². The number of nitrogens with one attached hydrogen (secondary N) is 1. The fourth-order valence-corrected chi connectivity index (χ4v) is 1.67. The molecule has 0 spiro atoms. The highest BCUT2D eigenvalue weighted by Crippen LogP contribution is 2.02. The standard InChI is InChI=1S/C14H20N2O2/c15-13(17)10-6-1-2-7-11-16-14(18)12-8-4-3-5-9-12/h3-5,8-9H,1-2,6-7,10-11H2,(H2,15,17)(H,16,18). The molecule has 0 aromatic heterocycles. The van der Waals surface area contributed by atoms with Crippen LogP contribution in [0.2, 0.25) is 0 Å². The van der Waals surface area contributed by atoms with Crippen LogP contribution in [0.5, 0.6) is 0 Å². The van der Waals surface area contributed by atoms with Gasteiger partial charge in [0.25, 0.3) is 5.91 Å². The lowest BCUT2D eigenvalue weighted by Gasteiger charge is -2.04. The Kier molecular flexibility index (Phi) is 6.54. The summed E-state index contributed by atoms with van der Waals surface area (Å²) in [7, 11) is 0. The molecule has 1 rings (SSSR count). The van der Waals surface area contributed by atoms with Gasteiger partial charge in [0.1, 0.15) is 0 Å². The maximum atomic E-state index is 11.7. The fraction of sp³-hybridized carbons (Fsp3) is 0.429. The molecule has 0 unspecified atom stereocenters. The van der Waals surface area contributed by atoms with Crippen LogP contribution in [0.4, 0.5) is 0 Å². The summed E-state index contributed by atoms with van der Waals surface area (Å²) in [5.41, 5.74) is 5.73. The van der Waals surface area contributed by atoms with Gasteiger partial charge in [-0.3, -0.25) is 9.59 Å². The highest BCUT2D eigenvalue weighted by atomic mass is 16.1. The van der Waals surface area contributed by atoms with Gasteiger partial charge in [0.2, 0.25) is 5.91 Å². The Morgan fingerprint density at radius 1 is 1.00 bits per heavy atom. The number of carbonyl (C=O) groups is 2. The van der Waals surface area contributed by atoms with Gasteiger partial charge < -0.3 is 11.1 Å². The molecule has 4 heteroatoms. The van der Waals surface area contributed by atoms with Crippen molar-refractivity contribution in [3.05, 3.63) is 35.9 Å². The van der Waals surface area contributed by atoms with Gasteiger partial charge in [-0.2, -0.15) is 0 Å². The summed E-state index contributed by atoms with van der Waals surface area (Å²) >= 11 is 0. The second-order valence-corrected chi connectivity index (χ2v) is 4.25. The normalized spacial score (nSPS) is 10.0. The highest BCUT2D eigenvalue weighted by molar-refractivity contribution is 5.94. The maximum absolute atomic E-state index is 11.7. The number of hydrogen-bond donors (Lipinski definition) is 2. The topological polar surface area (TPSA) is 72.2 Å². The molecule has 18 heavy (non-hydrogen) atoms. The zero-order valence-electron chi connectivity index (χ0n) is 10.5. The van der Waals surface area contributed by atoms with Gasteiger partial charge in [0, 0.05) is 18.5 Å². The second kappa shape index (κ2) is 8.28. The first kappa shape index (κ1) is 14.2. The summed E-state index contributed by atoms with van der Waals surface area (Å²) in [4.78, 5) is 22.2. The predicted octanol–water partition coefficient (Wildman–Crippen LogP) is 1.85. The smallest absolute Gasteiger partial charge is 0.251 e. The molecular weight excluding hydrogens is 228 g/mol. The Balaban J connectivity index is 2.05. The average Bonchev–Trinajstić information content (AvgIpc) is 2.38. The van der Waals surface area contributed by atoms with E-state index in [9.17, 15) is 9.59 Å². The van der Waals surface area contributed by atoms with E-state index in [-0.39, 0.29) is 11.8 Å². The molecule has 0 saturated carbocycles. The van der Waals surface area contributed by atoms with Gasteiger partial charge in [-0.1, -0.05) is 31.0 Å². The first-order valence-electron chi connectivity index (χ1n) is 6.31. The third-order valence-electron chi connectivity index (χ3n) is 2.67. The molecule has 0 heterocycles. The highest BCUT2D eigenvalue weighted by Gasteiger charge is 2.02. The summed E-state index contributed by atoms with van der Waals surface area (Å²) < 4.78 is 0. The molecule has 1 aromatic carbocycles. The molecule has 0 fully saturated rings. The van der Waals surface area contributed by atoms with Crippen molar-refractivity contribution in [1.29, 1.82) is 0 Å². The Labute approximate surface area is 108 Å². The van der Waals surface area contributed by atoms with E-state index < -0.39 is 0 Å². The van der Waals surface area contributed by atoms with Crippen molar-refractivity contribution < 1.29 is 9.59 Å². The molecule has 3 N–H and O–H groups in total. The molecule has 1 aromatic rings. The van der Waals surface area contributed by atoms with E-state index in [0.717, 1.165) is 25.7 Å². The maximum Gasteiger partial charge on any atom is 0.251 e. The molecular formula is C14H20N2O2. The van der Waals surface area contributed by atoms with Gasteiger partial charge >= 0.3 is 0 Å². The first-order valence-corrected chi connectivity index (χ1v) is 6.31. The quantitative estimate of drug-likeness (QED) is 0.689. The number of hydrogen-bond acceptors (Lipinski definition) is 2. The summed E-state index contributed by atoms with van der Waals surface area (Å²) in [6, 6.07) is 9.16. The lowest BCUT2D eigenvalue weighted by atomic mass is 10.1. The van der Waals surface area contributed by atoms with E-state index in [1.165, 1.54) is 0 Å². The Morgan fingerprint density at radius 2 is 1.67 bits per heavy atom. The van der Waals surface area contributed by atoms with Crippen LogP contribution in [-0.4, -0.2) is 18.4 Å². The molecule has 0 atom stereocenters. The van der Waals surface area contributed by atoms with E-state index in [1.807, 2.05) is 18.2 Å². The number of unbranched alkanes of at least 4 members (excludes halogenated alkanes) is 3. The van der Waals surface area contributed by atoms with Crippen LogP contribution in [0.25, 0.3) is 0 Å². The van der Waals surface area contributed by atoms with Crippen molar-refractivity contribution in [3.8, 4) is 0 Å². The SMILES string of the molecule is NC(=O)CCCCCCNC(=O)c1ccccc1. The van der Waals surface area contributed by atoms with Gasteiger partial charge in [-0.25, -0.2) is 0 Å². The van der Waals surface area contributed by atoms with Gasteiger partial charge in [0.05, 0.1) is 0 Å². The van der Waals surface area contributed by atoms with Crippen LogP contribution in [0, 0.1) is 0 Å². The largest absolute Gasteiger partial charge is 0.370 e. The lowest BCUT2D eigenvalue weighted by molar-refractivity contribution is -0.118. The van der Waals surface area contributed by atoms with Crippen molar-refractivity contribution >= 4 is 11.8 Å². The van der Waals surface area contributed by atoms with E-state index in [0.29, 0.717) is 18.5 Å². The number of primary amides is 1. The van der Waals surface area contributed by atoms with Crippen molar-refractivity contribution in [2.24, 2.45) is 5.73 Å². The number of carbonyl (C=O) groups excluding carboxylic acids is 2. The molecule has 0 bridgehead atoms. The molecule has 4 nitrogen and oxygen atoms in total. The van der Waals surface area contributed by atoms with Crippen LogP contribution in [-0.2, 0) is 4.79 Å². The van der Waals surface area contributed by atoms with Crippen LogP contribution in [0.15, 0.2) is 30.3 Å². The first-order chi connectivity index (χ1) is 8.70. The van der Waals surface area contributed by atoms with Crippen molar-refractivity contribution in [2.75, 3.05) is 6.54 Å². The third kappa shape index (κ3) is 6.03. The second-order valence-electron chi connectivity index (χ2n) is 4.25. The van der Waals surface area contributed by atoms with Crippen LogP contribution in [0.1, 0.15) is 42.5 Å². The van der Waals surface area contributed by atoms with Crippen LogP contribution in [0.3, 0.4) is 0 Å². The minimum absolute atomic E-state index is 0.0345. The minimum Gasteiger partial charge on any atom is -0.370 e. The molecule has 2 amide bonds. The number of benzene rings is 1. The van der Waals surface area contributed by atoms with Gasteiger partial charge in [-0.15, -0.1) is 0 Å². The minimum atomic E-state index is -0.243. The lowest BCUT2D eigenvalue weighted by Crippen LogP contribution is -2.24. The average molecular weight is 248 g/mol. The third-order valence-corrected chi connectivity index (χ3v) is 2.67. The summed E-state index contributed by atoms with van der Waals surface area (Å²) in [5.74, 6) is -0.278. The number of amides is 2. The summed E-state index contributed by atoms with van der Waals surface area (Å²) in [6.07, 6.45) is 4.20. The number of nitrogens with two attached hydrogens (primary N) is 1. The Morgan fingerprint density at radius 3 is 2.33 bits per heavy atom. The Bertz CT molecular complexity index is 377. The van der Waals surface area contributed by atoms with Gasteiger partial charge in [0.15, 0.2) is 0 Å². The molecule has 0 aliphatic carbocycles. The summed E-state index contributed by atoms with van der Waals surface area (Å²) in [5, 5.41) is 2.87. The fourth-order valence-electron chi connectivity index (χ4n) is 1.67. The number of rotatable bonds is 8. The van der Waals surface area contributed by atoms with E-state index >= 15 is 0 Å². The zero-order chi connectivity index (χ0) is 13.2. The van der Waals surface area contributed by atoms with E-state index in [1.54, 1.807) is 12.1 Å². The molecule has 0 saturated heterocycles. The van der Waals surface area contributed by atoms with E-state index in [2.05, 4.69) is 5.32 Å². The zero-order valence-corrected chi connectivity index (χ0v) is 10.5. The van der Waals surface area contributed by atoms with Crippen molar-refractivity contribution in [2.45, 2.75) is 32.1 Å². The molecule has 0 aliphatic heterocycles. The predicted molar refractivity (Wildman–Crippen MR) is 71.1 cm³/mol. The van der Waals surface area contributed by atoms with Gasteiger partial charge in [-0.05, 0) is 25.0 Å². The molecule has 0 radical (unpaired) electrons. The molecule has 0 aliphatic rings. The molecule has 98 valence electrons.